The molecule has 0 spiro atoms. The van der Waals surface area contributed by atoms with Crippen LogP contribution in [-0.4, -0.2) is 19.8 Å². The molecule has 2 nitrogen and oxygen atoms in total. The van der Waals surface area contributed by atoms with Crippen molar-refractivity contribution in [1.82, 2.24) is 5.32 Å². The molecule has 6 heteroatoms. The summed E-state index contributed by atoms with van der Waals surface area (Å²) < 4.78 is 54.9. The third-order valence-electron chi connectivity index (χ3n) is 2.74. The van der Waals surface area contributed by atoms with Crippen LogP contribution in [0.4, 0.5) is 17.6 Å². The van der Waals surface area contributed by atoms with Crippen molar-refractivity contribution in [2.75, 3.05) is 13.7 Å². The third-order valence-corrected chi connectivity index (χ3v) is 2.74. The van der Waals surface area contributed by atoms with Crippen LogP contribution in [0.15, 0.2) is 18.2 Å². The van der Waals surface area contributed by atoms with Crippen LogP contribution in [0, 0.1) is 5.82 Å². The zero-order valence-electron chi connectivity index (χ0n) is 10.9. The topological polar surface area (TPSA) is 21.3 Å². The predicted molar refractivity (Wildman–Crippen MR) is 64.7 cm³/mol. The molecule has 0 aliphatic carbocycles. The summed E-state index contributed by atoms with van der Waals surface area (Å²) in [4.78, 5) is 0. The van der Waals surface area contributed by atoms with E-state index in [4.69, 9.17) is 4.74 Å². The number of ether oxygens (including phenoxy) is 1. The molecule has 19 heavy (non-hydrogen) atoms. The summed E-state index contributed by atoms with van der Waals surface area (Å²) in [6.45, 7) is 2.34. The lowest BCUT2D eigenvalue weighted by Crippen LogP contribution is -2.23. The molecule has 0 radical (unpaired) electrons. The number of hydrogen-bond acceptors (Lipinski definition) is 2. The van der Waals surface area contributed by atoms with Crippen molar-refractivity contribution in [1.29, 1.82) is 0 Å². The number of alkyl halides is 3. The van der Waals surface area contributed by atoms with Gasteiger partial charge in [0.1, 0.15) is 0 Å². The molecule has 0 heterocycles. The highest BCUT2D eigenvalue weighted by atomic mass is 19.4. The van der Waals surface area contributed by atoms with Crippen LogP contribution in [-0.2, 0) is 0 Å². The Morgan fingerprint density at radius 2 is 2.00 bits per heavy atom. The fraction of sp³-hybridized carbons (Fsp3) is 0.538. The monoisotopic (exact) mass is 279 g/mol. The van der Waals surface area contributed by atoms with Crippen molar-refractivity contribution in [2.24, 2.45) is 0 Å². The van der Waals surface area contributed by atoms with Crippen LogP contribution >= 0.6 is 0 Å². The molecule has 1 N–H and O–H groups in total. The molecule has 0 saturated carbocycles. The van der Waals surface area contributed by atoms with E-state index in [1.807, 2.05) is 0 Å². The van der Waals surface area contributed by atoms with Gasteiger partial charge in [-0.15, -0.1) is 0 Å². The standard InChI is InChI=1S/C13H17F4NO/c1-3-18-11(6-7-13(15,16)17)9-4-5-10(14)12(8-9)19-2/h4-5,8,11,18H,3,6-7H2,1-2H3. The van der Waals surface area contributed by atoms with Crippen molar-refractivity contribution < 1.29 is 22.3 Å². The molecule has 0 amide bonds. The molecule has 0 aliphatic heterocycles. The van der Waals surface area contributed by atoms with E-state index in [0.717, 1.165) is 0 Å². The van der Waals surface area contributed by atoms with E-state index in [0.29, 0.717) is 12.1 Å². The Kier molecular flexibility index (Phi) is 5.60. The molecule has 1 unspecified atom stereocenters. The SMILES string of the molecule is CCNC(CCC(F)(F)F)c1ccc(F)c(OC)c1. The summed E-state index contributed by atoms with van der Waals surface area (Å²) in [5.41, 5.74) is 0.587. The number of methoxy groups -OCH3 is 1. The van der Waals surface area contributed by atoms with Crippen LogP contribution in [0.2, 0.25) is 0 Å². The van der Waals surface area contributed by atoms with Gasteiger partial charge in [0.15, 0.2) is 11.6 Å². The number of hydrogen-bond donors (Lipinski definition) is 1. The van der Waals surface area contributed by atoms with Crippen molar-refractivity contribution in [2.45, 2.75) is 32.0 Å². The van der Waals surface area contributed by atoms with Gasteiger partial charge in [0.2, 0.25) is 0 Å². The Balaban J connectivity index is 2.86. The van der Waals surface area contributed by atoms with Gasteiger partial charge in [-0.3, -0.25) is 0 Å². The van der Waals surface area contributed by atoms with Gasteiger partial charge < -0.3 is 10.1 Å². The van der Waals surface area contributed by atoms with E-state index in [1.54, 1.807) is 6.92 Å². The summed E-state index contributed by atoms with van der Waals surface area (Å²) in [5, 5.41) is 2.96. The Bertz CT molecular complexity index is 406. The Labute approximate surface area is 109 Å². The quantitative estimate of drug-likeness (QED) is 0.799. The van der Waals surface area contributed by atoms with Gasteiger partial charge in [0.25, 0.3) is 0 Å². The molecule has 1 aromatic rings. The largest absolute Gasteiger partial charge is 0.494 e. The van der Waals surface area contributed by atoms with Crippen LogP contribution in [0.25, 0.3) is 0 Å². The lowest BCUT2D eigenvalue weighted by molar-refractivity contribution is -0.136. The van der Waals surface area contributed by atoms with Crippen LogP contribution in [0.5, 0.6) is 5.75 Å². The predicted octanol–water partition coefficient (Wildman–Crippen LogP) is 3.83. The summed E-state index contributed by atoms with van der Waals surface area (Å²) in [6, 6.07) is 3.63. The first-order chi connectivity index (χ1) is 8.87. The molecule has 1 aromatic carbocycles. The molecular weight excluding hydrogens is 262 g/mol. The second-order valence-electron chi connectivity index (χ2n) is 4.16. The van der Waals surface area contributed by atoms with Crippen molar-refractivity contribution in [3.63, 3.8) is 0 Å². The Morgan fingerprint density at radius 3 is 2.53 bits per heavy atom. The average Bonchev–Trinajstić information content (AvgIpc) is 2.34. The summed E-state index contributed by atoms with van der Waals surface area (Å²) in [6.07, 6.45) is -5.17. The number of halogens is 4. The second-order valence-corrected chi connectivity index (χ2v) is 4.16. The molecule has 0 aliphatic rings. The van der Waals surface area contributed by atoms with Crippen LogP contribution in [0.1, 0.15) is 31.4 Å². The molecular formula is C13H17F4NO. The van der Waals surface area contributed by atoms with Crippen molar-refractivity contribution in [3.8, 4) is 5.75 Å². The number of benzene rings is 1. The zero-order valence-corrected chi connectivity index (χ0v) is 10.9. The van der Waals surface area contributed by atoms with Gasteiger partial charge in [-0.2, -0.15) is 13.2 Å². The molecule has 1 rings (SSSR count). The van der Waals surface area contributed by atoms with Crippen LogP contribution < -0.4 is 10.1 Å². The van der Waals surface area contributed by atoms with E-state index in [9.17, 15) is 17.6 Å². The summed E-state index contributed by atoms with van der Waals surface area (Å²) in [7, 11) is 1.32. The summed E-state index contributed by atoms with van der Waals surface area (Å²) >= 11 is 0. The van der Waals surface area contributed by atoms with Crippen LogP contribution in [0.3, 0.4) is 0 Å². The average molecular weight is 279 g/mol. The lowest BCUT2D eigenvalue weighted by Gasteiger charge is -2.20. The van der Waals surface area contributed by atoms with E-state index in [2.05, 4.69) is 5.32 Å². The molecule has 1 atom stereocenters. The molecule has 0 fully saturated rings. The third kappa shape index (κ3) is 5.06. The summed E-state index contributed by atoms with van der Waals surface area (Å²) in [5.74, 6) is -0.496. The van der Waals surface area contributed by atoms with Gasteiger partial charge in [-0.25, -0.2) is 4.39 Å². The maximum atomic E-state index is 13.3. The van der Waals surface area contributed by atoms with Crippen molar-refractivity contribution >= 4 is 0 Å². The zero-order chi connectivity index (χ0) is 14.5. The van der Waals surface area contributed by atoms with Gasteiger partial charge in [0, 0.05) is 12.5 Å². The minimum absolute atomic E-state index is 0.0346. The number of rotatable bonds is 6. The first kappa shape index (κ1) is 15.8. The molecule has 0 aromatic heterocycles. The fourth-order valence-corrected chi connectivity index (χ4v) is 1.83. The maximum Gasteiger partial charge on any atom is 0.389 e. The van der Waals surface area contributed by atoms with E-state index >= 15 is 0 Å². The van der Waals surface area contributed by atoms with Gasteiger partial charge in [0.05, 0.1) is 7.11 Å². The fourth-order valence-electron chi connectivity index (χ4n) is 1.83. The Hall–Kier alpha value is -1.30. The van der Waals surface area contributed by atoms with Gasteiger partial charge >= 0.3 is 6.18 Å². The smallest absolute Gasteiger partial charge is 0.389 e. The first-order valence-electron chi connectivity index (χ1n) is 6.01. The van der Waals surface area contributed by atoms with Gasteiger partial charge in [-0.1, -0.05) is 13.0 Å². The highest BCUT2D eigenvalue weighted by Crippen LogP contribution is 2.29. The normalized spacial score (nSPS) is 13.4. The minimum atomic E-state index is -4.20. The Morgan fingerprint density at radius 1 is 1.32 bits per heavy atom. The highest BCUT2D eigenvalue weighted by Gasteiger charge is 2.28. The minimum Gasteiger partial charge on any atom is -0.494 e. The molecule has 0 bridgehead atoms. The maximum absolute atomic E-state index is 13.3. The first-order valence-corrected chi connectivity index (χ1v) is 6.01. The van der Waals surface area contributed by atoms with Crippen molar-refractivity contribution in [3.05, 3.63) is 29.6 Å². The molecule has 108 valence electrons. The van der Waals surface area contributed by atoms with E-state index in [1.165, 1.54) is 25.3 Å². The van der Waals surface area contributed by atoms with E-state index < -0.39 is 24.5 Å². The van der Waals surface area contributed by atoms with E-state index in [-0.39, 0.29) is 12.2 Å². The lowest BCUT2D eigenvalue weighted by atomic mass is 10.0. The number of nitrogens with one attached hydrogen (secondary N) is 1. The molecule has 0 saturated heterocycles. The van der Waals surface area contributed by atoms with Gasteiger partial charge in [-0.05, 0) is 30.7 Å². The second kappa shape index (κ2) is 6.75. The highest BCUT2D eigenvalue weighted by molar-refractivity contribution is 5.32.